The highest BCUT2D eigenvalue weighted by Gasteiger charge is 2.38. The molecular formula is C14H10ClF3N2O3S. The van der Waals surface area contributed by atoms with Crippen LogP contribution in [0.5, 0.6) is 0 Å². The van der Waals surface area contributed by atoms with Crippen LogP contribution in [-0.4, -0.2) is 20.5 Å². The first-order valence-corrected chi connectivity index (χ1v) is 8.21. The van der Waals surface area contributed by atoms with Gasteiger partial charge in [-0.25, -0.2) is 8.42 Å². The first-order valence-electron chi connectivity index (χ1n) is 6.35. The van der Waals surface area contributed by atoms with Gasteiger partial charge in [0.1, 0.15) is 4.90 Å². The van der Waals surface area contributed by atoms with E-state index in [1.807, 2.05) is 0 Å². The lowest BCUT2D eigenvalue weighted by Gasteiger charge is -2.11. The van der Waals surface area contributed by atoms with Crippen LogP contribution in [0.1, 0.15) is 0 Å². The second-order valence-corrected chi connectivity index (χ2v) is 6.62. The van der Waals surface area contributed by atoms with Gasteiger partial charge in [-0.15, -0.1) is 0 Å². The predicted octanol–water partition coefficient (Wildman–Crippen LogP) is 3.64. The quantitative estimate of drug-likeness (QED) is 0.852. The van der Waals surface area contributed by atoms with Gasteiger partial charge in [0.05, 0.1) is 5.02 Å². The number of carbonyl (C=O) groups excluding carboxylic acids is 1. The molecule has 0 spiro atoms. The SMILES string of the molecule is O=C(Nc1ccc(NS(=O)(=O)c2ccccc2Cl)cc1)C(F)(F)F. The minimum Gasteiger partial charge on any atom is -0.318 e. The number of halogens is 4. The van der Waals surface area contributed by atoms with Crippen molar-refractivity contribution in [2.75, 3.05) is 10.0 Å². The maximum Gasteiger partial charge on any atom is 0.471 e. The summed E-state index contributed by atoms with van der Waals surface area (Å²) < 4.78 is 63.1. The van der Waals surface area contributed by atoms with Crippen molar-refractivity contribution < 1.29 is 26.4 Å². The van der Waals surface area contributed by atoms with Gasteiger partial charge in [0.2, 0.25) is 0 Å². The van der Waals surface area contributed by atoms with Gasteiger partial charge in [-0.05, 0) is 36.4 Å². The van der Waals surface area contributed by atoms with Gasteiger partial charge < -0.3 is 5.32 Å². The Morgan fingerprint density at radius 3 is 2.04 bits per heavy atom. The van der Waals surface area contributed by atoms with Gasteiger partial charge in [-0.1, -0.05) is 23.7 Å². The average molecular weight is 379 g/mol. The van der Waals surface area contributed by atoms with Crippen molar-refractivity contribution in [1.82, 2.24) is 0 Å². The number of nitrogens with one attached hydrogen (secondary N) is 2. The number of benzene rings is 2. The molecule has 128 valence electrons. The molecule has 2 N–H and O–H groups in total. The molecule has 24 heavy (non-hydrogen) atoms. The molecule has 0 aliphatic heterocycles. The third-order valence-electron chi connectivity index (χ3n) is 2.78. The highest BCUT2D eigenvalue weighted by Crippen LogP contribution is 2.24. The molecule has 0 aromatic heterocycles. The van der Waals surface area contributed by atoms with Crippen LogP contribution < -0.4 is 10.0 Å². The molecule has 1 amide bonds. The summed E-state index contributed by atoms with van der Waals surface area (Å²) in [4.78, 5) is 10.7. The molecule has 0 heterocycles. The largest absolute Gasteiger partial charge is 0.471 e. The molecule has 0 radical (unpaired) electrons. The molecule has 2 aromatic carbocycles. The van der Waals surface area contributed by atoms with Crippen molar-refractivity contribution in [3.05, 3.63) is 53.6 Å². The smallest absolute Gasteiger partial charge is 0.318 e. The maximum absolute atomic E-state index is 12.2. The first-order chi connectivity index (χ1) is 11.1. The molecule has 5 nitrogen and oxygen atoms in total. The number of hydrogen-bond acceptors (Lipinski definition) is 3. The van der Waals surface area contributed by atoms with Gasteiger partial charge >= 0.3 is 12.1 Å². The van der Waals surface area contributed by atoms with Crippen LogP contribution >= 0.6 is 11.6 Å². The summed E-state index contributed by atoms with van der Waals surface area (Å²) in [5.41, 5.74) is -0.0297. The van der Waals surface area contributed by atoms with Crippen molar-refractivity contribution in [3.63, 3.8) is 0 Å². The van der Waals surface area contributed by atoms with Crippen LogP contribution in [0, 0.1) is 0 Å². The summed E-state index contributed by atoms with van der Waals surface area (Å²) in [6.45, 7) is 0. The molecule has 0 bridgehead atoms. The monoisotopic (exact) mass is 378 g/mol. The van der Waals surface area contributed by atoms with E-state index in [2.05, 4.69) is 4.72 Å². The number of rotatable bonds is 4. The fraction of sp³-hybridized carbons (Fsp3) is 0.0714. The number of sulfonamides is 1. The summed E-state index contributed by atoms with van der Waals surface area (Å²) in [5.74, 6) is -2.12. The van der Waals surface area contributed by atoms with E-state index in [1.165, 1.54) is 30.3 Å². The van der Waals surface area contributed by atoms with E-state index in [-0.39, 0.29) is 21.3 Å². The van der Waals surface area contributed by atoms with E-state index in [4.69, 9.17) is 11.6 Å². The Labute approximate surface area is 140 Å². The molecule has 2 rings (SSSR count). The van der Waals surface area contributed by atoms with E-state index in [0.717, 1.165) is 12.1 Å². The molecule has 10 heteroatoms. The number of hydrogen-bond donors (Lipinski definition) is 2. The van der Waals surface area contributed by atoms with Crippen LogP contribution in [0.4, 0.5) is 24.5 Å². The third-order valence-corrected chi connectivity index (χ3v) is 4.66. The molecule has 2 aromatic rings. The molecule has 0 saturated carbocycles. The van der Waals surface area contributed by atoms with Gasteiger partial charge in [0.25, 0.3) is 10.0 Å². The van der Waals surface area contributed by atoms with Crippen LogP contribution in [0.15, 0.2) is 53.4 Å². The zero-order chi connectivity index (χ0) is 18.0. The summed E-state index contributed by atoms with van der Waals surface area (Å²) >= 11 is 5.83. The Morgan fingerprint density at radius 2 is 1.50 bits per heavy atom. The Hall–Kier alpha value is -2.26. The lowest BCUT2D eigenvalue weighted by molar-refractivity contribution is -0.167. The number of amides is 1. The highest BCUT2D eigenvalue weighted by molar-refractivity contribution is 7.92. The van der Waals surface area contributed by atoms with Gasteiger partial charge in [0, 0.05) is 11.4 Å². The normalized spacial score (nSPS) is 11.8. The third kappa shape index (κ3) is 4.39. The molecule has 0 aliphatic carbocycles. The molecule has 0 fully saturated rings. The van der Waals surface area contributed by atoms with E-state index in [1.54, 1.807) is 11.4 Å². The van der Waals surface area contributed by atoms with Gasteiger partial charge in [-0.3, -0.25) is 9.52 Å². The fourth-order valence-corrected chi connectivity index (χ4v) is 3.28. The number of anilines is 2. The molecule has 0 saturated heterocycles. The number of alkyl halides is 3. The van der Waals surface area contributed by atoms with E-state index in [0.29, 0.717) is 0 Å². The predicted molar refractivity (Wildman–Crippen MR) is 83.4 cm³/mol. The topological polar surface area (TPSA) is 75.3 Å². The van der Waals surface area contributed by atoms with Crippen LogP contribution in [0.3, 0.4) is 0 Å². The van der Waals surface area contributed by atoms with E-state index in [9.17, 15) is 26.4 Å². The summed E-state index contributed by atoms with van der Waals surface area (Å²) in [6, 6.07) is 10.5. The average Bonchev–Trinajstić information content (AvgIpc) is 2.48. The standard InChI is InChI=1S/C14H10ClF3N2O3S/c15-11-3-1-2-4-12(11)24(22,23)20-10-7-5-9(6-8-10)19-13(21)14(16,17)18/h1-8,20H,(H,19,21). The van der Waals surface area contributed by atoms with Crippen molar-refractivity contribution in [2.45, 2.75) is 11.1 Å². The minimum atomic E-state index is -5.01. The second kappa shape index (κ2) is 6.70. The Kier molecular flexibility index (Phi) is 5.05. The fourth-order valence-electron chi connectivity index (χ4n) is 1.70. The van der Waals surface area contributed by atoms with Crippen LogP contribution in [-0.2, 0) is 14.8 Å². The van der Waals surface area contributed by atoms with Crippen molar-refractivity contribution in [2.24, 2.45) is 0 Å². The highest BCUT2D eigenvalue weighted by atomic mass is 35.5. The summed E-state index contributed by atoms with van der Waals surface area (Å²) in [7, 11) is -3.95. The van der Waals surface area contributed by atoms with Crippen LogP contribution in [0.2, 0.25) is 5.02 Å². The summed E-state index contributed by atoms with van der Waals surface area (Å²) in [6.07, 6.45) is -5.01. The van der Waals surface area contributed by atoms with Crippen LogP contribution in [0.25, 0.3) is 0 Å². The minimum absolute atomic E-state index is 0.0269. The first kappa shape index (κ1) is 18.1. The molecular weight excluding hydrogens is 369 g/mol. The second-order valence-electron chi connectivity index (χ2n) is 4.57. The molecule has 0 aliphatic rings. The van der Waals surface area contributed by atoms with Crippen molar-refractivity contribution in [1.29, 1.82) is 0 Å². The van der Waals surface area contributed by atoms with Gasteiger partial charge in [-0.2, -0.15) is 13.2 Å². The molecule has 0 unspecified atom stereocenters. The molecule has 0 atom stereocenters. The summed E-state index contributed by atoms with van der Waals surface area (Å²) in [5, 5.41) is 1.68. The lowest BCUT2D eigenvalue weighted by atomic mass is 10.3. The van der Waals surface area contributed by atoms with E-state index < -0.39 is 22.1 Å². The van der Waals surface area contributed by atoms with Crippen molar-refractivity contribution >= 4 is 38.9 Å². The Balaban J connectivity index is 2.15. The Bertz CT molecular complexity index is 852. The number of carbonyl (C=O) groups is 1. The zero-order valence-corrected chi connectivity index (χ0v) is 13.3. The maximum atomic E-state index is 12.2. The van der Waals surface area contributed by atoms with E-state index >= 15 is 0 Å². The van der Waals surface area contributed by atoms with Crippen molar-refractivity contribution in [3.8, 4) is 0 Å². The Morgan fingerprint density at radius 1 is 0.958 bits per heavy atom. The van der Waals surface area contributed by atoms with Gasteiger partial charge in [0.15, 0.2) is 0 Å². The lowest BCUT2D eigenvalue weighted by Crippen LogP contribution is -2.29. The zero-order valence-electron chi connectivity index (χ0n) is 11.8.